The van der Waals surface area contributed by atoms with Gasteiger partial charge in [0.2, 0.25) is 0 Å². The van der Waals surface area contributed by atoms with Crippen LogP contribution in [0.3, 0.4) is 0 Å². The van der Waals surface area contributed by atoms with Gasteiger partial charge in [-0.05, 0) is 24.6 Å². The molecule has 0 N–H and O–H groups in total. The van der Waals surface area contributed by atoms with Crippen molar-refractivity contribution in [3.63, 3.8) is 0 Å². The van der Waals surface area contributed by atoms with E-state index in [9.17, 15) is 13.2 Å². The molecular formula is C10H7F3O2. The molecule has 0 unspecified atom stereocenters. The van der Waals surface area contributed by atoms with Crippen LogP contribution < -0.4 is 9.47 Å². The van der Waals surface area contributed by atoms with E-state index in [0.29, 0.717) is 24.3 Å². The van der Waals surface area contributed by atoms with E-state index >= 15 is 0 Å². The molecule has 0 spiro atoms. The Labute approximate surface area is 84.6 Å². The Morgan fingerprint density at radius 2 is 2.13 bits per heavy atom. The number of fused-ring (bicyclic) bond motifs is 1. The van der Waals surface area contributed by atoms with Gasteiger partial charge in [-0.3, -0.25) is 0 Å². The first kappa shape index (κ1) is 10.1. The molecule has 0 fully saturated rings. The molecule has 1 aromatic carbocycles. The first-order valence-electron chi connectivity index (χ1n) is 4.31. The Hall–Kier alpha value is -1.39. The van der Waals surface area contributed by atoms with Gasteiger partial charge in [-0.1, -0.05) is 0 Å². The molecule has 0 amide bonds. The summed E-state index contributed by atoms with van der Waals surface area (Å²) in [5, 5.41) is 0. The van der Waals surface area contributed by atoms with Gasteiger partial charge in [0.25, 0.3) is 0 Å². The maximum absolute atomic E-state index is 11.9. The van der Waals surface area contributed by atoms with Gasteiger partial charge in [-0.2, -0.15) is 0 Å². The summed E-state index contributed by atoms with van der Waals surface area (Å²) in [5.74, 6) is 0.287. The van der Waals surface area contributed by atoms with Crippen LogP contribution in [0.4, 0.5) is 13.2 Å². The van der Waals surface area contributed by atoms with Crippen LogP contribution in [0.25, 0.3) is 0 Å². The minimum absolute atomic E-state index is 0.251. The number of benzene rings is 1. The minimum atomic E-state index is -4.66. The van der Waals surface area contributed by atoms with E-state index in [4.69, 9.17) is 4.74 Å². The second-order valence-electron chi connectivity index (χ2n) is 2.98. The molecule has 5 heteroatoms. The van der Waals surface area contributed by atoms with Crippen LogP contribution in [0, 0.1) is 6.42 Å². The highest BCUT2D eigenvalue weighted by atomic mass is 19.4. The van der Waals surface area contributed by atoms with Crippen LogP contribution in [0.2, 0.25) is 0 Å². The molecule has 0 saturated carbocycles. The average Bonchev–Trinajstić information content (AvgIpc) is 2.15. The Bertz CT molecular complexity index is 360. The van der Waals surface area contributed by atoms with Crippen molar-refractivity contribution in [1.82, 2.24) is 0 Å². The Kier molecular flexibility index (Phi) is 2.46. The number of rotatable bonds is 1. The molecule has 0 aromatic heterocycles. The lowest BCUT2D eigenvalue weighted by atomic mass is 10.1. The van der Waals surface area contributed by atoms with Crippen LogP contribution in [0.5, 0.6) is 11.5 Å². The van der Waals surface area contributed by atoms with Gasteiger partial charge in [0, 0.05) is 12.0 Å². The third kappa shape index (κ3) is 2.55. The van der Waals surface area contributed by atoms with Gasteiger partial charge in [-0.25, -0.2) is 0 Å². The van der Waals surface area contributed by atoms with Crippen molar-refractivity contribution in [2.45, 2.75) is 12.8 Å². The molecule has 2 radical (unpaired) electrons. The predicted molar refractivity (Wildman–Crippen MR) is 45.6 cm³/mol. The summed E-state index contributed by atoms with van der Waals surface area (Å²) in [6.07, 6.45) is -1.17. The largest absolute Gasteiger partial charge is 0.573 e. The highest BCUT2D eigenvalue weighted by molar-refractivity contribution is 5.45. The first-order valence-corrected chi connectivity index (χ1v) is 4.31. The molecule has 1 aliphatic heterocycles. The molecule has 2 nitrogen and oxygen atoms in total. The quantitative estimate of drug-likeness (QED) is 0.718. The summed E-state index contributed by atoms with van der Waals surface area (Å²) in [4.78, 5) is 0. The van der Waals surface area contributed by atoms with E-state index in [1.807, 2.05) is 0 Å². The standard InChI is InChI=1S/C10H7F3O2/c11-10(12,13)15-8-3-4-9-7(6-8)2-1-5-14-9/h3-4,6H,1,5H2. The summed E-state index contributed by atoms with van der Waals surface area (Å²) < 4.78 is 44.7. The van der Waals surface area contributed by atoms with Crippen LogP contribution >= 0.6 is 0 Å². The van der Waals surface area contributed by atoms with Crippen molar-refractivity contribution >= 4 is 0 Å². The molecule has 0 atom stereocenters. The van der Waals surface area contributed by atoms with E-state index in [2.05, 4.69) is 11.2 Å². The Balaban J connectivity index is 2.21. The highest BCUT2D eigenvalue weighted by Gasteiger charge is 2.31. The fourth-order valence-electron chi connectivity index (χ4n) is 1.32. The van der Waals surface area contributed by atoms with Crippen LogP contribution in [-0.2, 0) is 0 Å². The maximum Gasteiger partial charge on any atom is 0.573 e. The summed E-state index contributed by atoms with van der Waals surface area (Å²) in [6.45, 7) is 0.506. The van der Waals surface area contributed by atoms with Gasteiger partial charge < -0.3 is 9.47 Å². The normalized spacial score (nSPS) is 15.4. The van der Waals surface area contributed by atoms with E-state index in [1.165, 1.54) is 18.2 Å². The summed E-state index contributed by atoms with van der Waals surface area (Å²) >= 11 is 0. The first-order chi connectivity index (χ1) is 7.04. The van der Waals surface area contributed by atoms with Crippen molar-refractivity contribution in [3.05, 3.63) is 30.2 Å². The lowest BCUT2D eigenvalue weighted by Gasteiger charge is -2.17. The van der Waals surface area contributed by atoms with Crippen LogP contribution in [-0.4, -0.2) is 13.0 Å². The Morgan fingerprint density at radius 3 is 2.87 bits per heavy atom. The molecule has 1 aliphatic rings. The molecule has 0 bridgehead atoms. The third-order valence-electron chi connectivity index (χ3n) is 1.86. The molecule has 2 rings (SSSR count). The van der Waals surface area contributed by atoms with E-state index in [0.717, 1.165) is 0 Å². The second-order valence-corrected chi connectivity index (χ2v) is 2.98. The smallest absolute Gasteiger partial charge is 0.493 e. The average molecular weight is 216 g/mol. The summed E-state index contributed by atoms with van der Waals surface area (Å²) in [7, 11) is 0. The predicted octanol–water partition coefficient (Wildman–Crippen LogP) is 2.80. The number of hydrogen-bond donors (Lipinski definition) is 0. The molecule has 15 heavy (non-hydrogen) atoms. The zero-order valence-electron chi connectivity index (χ0n) is 7.60. The van der Waals surface area contributed by atoms with Gasteiger partial charge in [0.05, 0.1) is 6.61 Å². The molecule has 1 heterocycles. The number of hydrogen-bond acceptors (Lipinski definition) is 2. The fraction of sp³-hybridized carbons (Fsp3) is 0.300. The van der Waals surface area contributed by atoms with Gasteiger partial charge in [0.15, 0.2) is 0 Å². The van der Waals surface area contributed by atoms with Crippen molar-refractivity contribution in [1.29, 1.82) is 0 Å². The van der Waals surface area contributed by atoms with Gasteiger partial charge >= 0.3 is 6.36 Å². The lowest BCUT2D eigenvalue weighted by molar-refractivity contribution is -0.274. The second kappa shape index (κ2) is 3.64. The fourth-order valence-corrected chi connectivity index (χ4v) is 1.32. The number of ether oxygens (including phenoxy) is 2. The van der Waals surface area contributed by atoms with Crippen LogP contribution in [0.1, 0.15) is 12.0 Å². The maximum atomic E-state index is 11.9. The molecular weight excluding hydrogens is 209 g/mol. The van der Waals surface area contributed by atoms with E-state index < -0.39 is 6.36 Å². The monoisotopic (exact) mass is 216 g/mol. The summed E-state index contributed by atoms with van der Waals surface area (Å²) in [5.41, 5.74) is 0.517. The molecule has 80 valence electrons. The van der Waals surface area contributed by atoms with Crippen molar-refractivity contribution in [2.24, 2.45) is 0 Å². The topological polar surface area (TPSA) is 18.5 Å². The SMILES string of the molecule is FC(F)(F)Oc1ccc2c(c1)[C]CCO2. The number of halogens is 3. The van der Waals surface area contributed by atoms with Gasteiger partial charge in [-0.15, -0.1) is 13.2 Å². The van der Waals surface area contributed by atoms with E-state index in [-0.39, 0.29) is 5.75 Å². The van der Waals surface area contributed by atoms with E-state index in [1.54, 1.807) is 0 Å². The zero-order valence-corrected chi connectivity index (χ0v) is 7.60. The zero-order chi connectivity index (χ0) is 10.9. The molecule has 0 aliphatic carbocycles. The van der Waals surface area contributed by atoms with Crippen molar-refractivity contribution in [3.8, 4) is 11.5 Å². The van der Waals surface area contributed by atoms with Crippen molar-refractivity contribution in [2.75, 3.05) is 6.61 Å². The summed E-state index contributed by atoms with van der Waals surface area (Å²) in [6, 6.07) is 3.93. The third-order valence-corrected chi connectivity index (χ3v) is 1.86. The van der Waals surface area contributed by atoms with Crippen LogP contribution in [0.15, 0.2) is 18.2 Å². The Morgan fingerprint density at radius 1 is 1.33 bits per heavy atom. The number of alkyl halides is 3. The van der Waals surface area contributed by atoms with Crippen molar-refractivity contribution < 1.29 is 22.6 Å². The van der Waals surface area contributed by atoms with Gasteiger partial charge in [0.1, 0.15) is 11.5 Å². The minimum Gasteiger partial charge on any atom is -0.493 e. The molecule has 1 aromatic rings. The lowest BCUT2D eigenvalue weighted by Crippen LogP contribution is -2.17. The highest BCUT2D eigenvalue weighted by Crippen LogP contribution is 2.31. The molecule has 0 saturated heterocycles.